The number of nitrogens with one attached hydrogen (secondary N) is 1. The fourth-order valence-electron chi connectivity index (χ4n) is 3.00. The van der Waals surface area contributed by atoms with Crippen molar-refractivity contribution in [3.05, 3.63) is 28.8 Å². The van der Waals surface area contributed by atoms with Crippen LogP contribution >= 0.6 is 23.4 Å². The Labute approximate surface area is 133 Å². The summed E-state index contributed by atoms with van der Waals surface area (Å²) in [5.74, 6) is 0.614. The van der Waals surface area contributed by atoms with Crippen molar-refractivity contribution in [2.45, 2.75) is 37.6 Å². The number of thioether (sulfide) groups is 1. The largest absolute Gasteiger partial charge is 0.324 e. The zero-order chi connectivity index (χ0) is 15.2. The van der Waals surface area contributed by atoms with Gasteiger partial charge in [0.05, 0.1) is 4.87 Å². The number of carbonyl (C=O) groups is 2. The Bertz CT molecular complexity index is 622. The van der Waals surface area contributed by atoms with E-state index in [9.17, 15) is 9.59 Å². The number of hydrogen-bond donors (Lipinski definition) is 1. The molecule has 2 aliphatic heterocycles. The van der Waals surface area contributed by atoms with E-state index in [2.05, 4.69) is 5.32 Å². The van der Waals surface area contributed by atoms with Crippen LogP contribution < -0.4 is 5.32 Å². The van der Waals surface area contributed by atoms with Gasteiger partial charge >= 0.3 is 0 Å². The molecule has 0 spiro atoms. The zero-order valence-corrected chi connectivity index (χ0v) is 13.6. The molecule has 0 aromatic heterocycles. The highest BCUT2D eigenvalue weighted by Crippen LogP contribution is 2.47. The lowest BCUT2D eigenvalue weighted by Gasteiger charge is -2.30. The highest BCUT2D eigenvalue weighted by molar-refractivity contribution is 8.01. The standard InChI is InChI=1S/C15H17ClN2O2S/c1-9-7-10(16)3-4-11(9)17-14(20)12-8-21-15(2)6-5-13(19)18(12)15/h3-4,7,12H,5-6,8H2,1-2H3,(H,17,20). The van der Waals surface area contributed by atoms with Crippen LogP contribution in [0.3, 0.4) is 0 Å². The third-order valence-corrected chi connectivity index (χ3v) is 5.93. The summed E-state index contributed by atoms with van der Waals surface area (Å²) in [6.45, 7) is 3.94. The van der Waals surface area contributed by atoms with E-state index in [1.54, 1.807) is 28.8 Å². The zero-order valence-electron chi connectivity index (χ0n) is 12.0. The molecule has 2 heterocycles. The van der Waals surface area contributed by atoms with E-state index in [-0.39, 0.29) is 22.7 Å². The van der Waals surface area contributed by atoms with E-state index in [1.165, 1.54) is 0 Å². The number of fused-ring (bicyclic) bond motifs is 1. The average molecular weight is 325 g/mol. The first kappa shape index (κ1) is 14.7. The maximum atomic E-state index is 12.5. The normalized spacial score (nSPS) is 27.9. The second-order valence-corrected chi connectivity index (χ2v) is 7.65. The van der Waals surface area contributed by atoms with E-state index in [1.807, 2.05) is 19.9 Å². The maximum absolute atomic E-state index is 12.5. The molecule has 2 saturated heterocycles. The van der Waals surface area contributed by atoms with Gasteiger partial charge in [-0.05, 0) is 44.0 Å². The minimum absolute atomic E-state index is 0.0791. The fourth-order valence-corrected chi connectivity index (χ4v) is 4.66. The molecular formula is C15H17ClN2O2S. The minimum atomic E-state index is -0.384. The quantitative estimate of drug-likeness (QED) is 0.909. The van der Waals surface area contributed by atoms with Gasteiger partial charge in [0.1, 0.15) is 6.04 Å². The number of aryl methyl sites for hydroxylation is 1. The van der Waals surface area contributed by atoms with Crippen LogP contribution in [0.4, 0.5) is 5.69 Å². The van der Waals surface area contributed by atoms with Gasteiger partial charge in [-0.1, -0.05) is 11.6 Å². The number of benzene rings is 1. The van der Waals surface area contributed by atoms with Gasteiger partial charge in [-0.25, -0.2) is 0 Å². The molecular weight excluding hydrogens is 308 g/mol. The van der Waals surface area contributed by atoms with Crippen molar-refractivity contribution in [3.8, 4) is 0 Å². The monoisotopic (exact) mass is 324 g/mol. The van der Waals surface area contributed by atoms with Gasteiger partial charge in [0.2, 0.25) is 11.8 Å². The van der Waals surface area contributed by atoms with Crippen molar-refractivity contribution < 1.29 is 9.59 Å². The third kappa shape index (κ3) is 2.53. The fraction of sp³-hybridized carbons (Fsp3) is 0.467. The smallest absolute Gasteiger partial charge is 0.248 e. The van der Waals surface area contributed by atoms with Crippen LogP contribution in [0.25, 0.3) is 0 Å². The molecule has 1 N–H and O–H groups in total. The maximum Gasteiger partial charge on any atom is 0.248 e. The number of anilines is 1. The molecule has 2 unspecified atom stereocenters. The van der Waals surface area contributed by atoms with Crippen LogP contribution in [-0.2, 0) is 9.59 Å². The van der Waals surface area contributed by atoms with Gasteiger partial charge in [-0.2, -0.15) is 0 Å². The SMILES string of the molecule is Cc1cc(Cl)ccc1NC(=O)C1CSC2(C)CCC(=O)N12. The lowest BCUT2D eigenvalue weighted by molar-refractivity contribution is -0.135. The van der Waals surface area contributed by atoms with Gasteiger partial charge in [0.15, 0.2) is 0 Å². The molecule has 21 heavy (non-hydrogen) atoms. The summed E-state index contributed by atoms with van der Waals surface area (Å²) in [5, 5.41) is 3.57. The van der Waals surface area contributed by atoms with Crippen molar-refractivity contribution in [2.75, 3.05) is 11.1 Å². The Morgan fingerprint density at radius 1 is 1.52 bits per heavy atom. The summed E-state index contributed by atoms with van der Waals surface area (Å²) in [6, 6.07) is 4.97. The molecule has 3 rings (SSSR count). The number of rotatable bonds is 2. The molecule has 2 amide bonds. The third-order valence-electron chi connectivity index (χ3n) is 4.19. The molecule has 1 aromatic carbocycles. The van der Waals surface area contributed by atoms with Crippen molar-refractivity contribution in [1.82, 2.24) is 4.90 Å². The number of carbonyl (C=O) groups excluding carboxylic acids is 2. The van der Waals surface area contributed by atoms with E-state index >= 15 is 0 Å². The first-order valence-electron chi connectivity index (χ1n) is 6.94. The number of hydrogen-bond acceptors (Lipinski definition) is 3. The highest BCUT2D eigenvalue weighted by Gasteiger charge is 2.52. The molecule has 2 aliphatic rings. The summed E-state index contributed by atoms with van der Waals surface area (Å²) >= 11 is 7.62. The molecule has 0 bridgehead atoms. The number of nitrogens with zero attached hydrogens (tertiary/aromatic N) is 1. The predicted octanol–water partition coefficient (Wildman–Crippen LogP) is 3.04. The molecule has 6 heteroatoms. The van der Waals surface area contributed by atoms with E-state index in [0.717, 1.165) is 17.7 Å². The molecule has 2 fully saturated rings. The Morgan fingerprint density at radius 3 is 3.00 bits per heavy atom. The van der Waals surface area contributed by atoms with Crippen LogP contribution in [0.15, 0.2) is 18.2 Å². The van der Waals surface area contributed by atoms with Crippen molar-refractivity contribution in [1.29, 1.82) is 0 Å². The number of halogens is 1. The molecule has 0 saturated carbocycles. The van der Waals surface area contributed by atoms with Crippen molar-refractivity contribution in [2.24, 2.45) is 0 Å². The first-order valence-corrected chi connectivity index (χ1v) is 8.30. The van der Waals surface area contributed by atoms with Gasteiger partial charge in [-0.15, -0.1) is 11.8 Å². The molecule has 0 aliphatic carbocycles. The van der Waals surface area contributed by atoms with Crippen LogP contribution in [0.1, 0.15) is 25.3 Å². The van der Waals surface area contributed by atoms with Crippen molar-refractivity contribution in [3.63, 3.8) is 0 Å². The summed E-state index contributed by atoms with van der Waals surface area (Å²) in [4.78, 5) is 26.1. The van der Waals surface area contributed by atoms with E-state index in [0.29, 0.717) is 17.2 Å². The molecule has 1 aromatic rings. The predicted molar refractivity (Wildman–Crippen MR) is 85.5 cm³/mol. The van der Waals surface area contributed by atoms with Gasteiger partial charge < -0.3 is 10.2 Å². The van der Waals surface area contributed by atoms with Crippen LogP contribution in [-0.4, -0.2) is 33.4 Å². The summed E-state index contributed by atoms with van der Waals surface area (Å²) in [5.41, 5.74) is 1.66. The Hall–Kier alpha value is -1.20. The van der Waals surface area contributed by atoms with Gasteiger partial charge in [0, 0.05) is 22.9 Å². The van der Waals surface area contributed by atoms with E-state index < -0.39 is 0 Å². The van der Waals surface area contributed by atoms with Crippen LogP contribution in [0, 0.1) is 6.92 Å². The Morgan fingerprint density at radius 2 is 2.29 bits per heavy atom. The summed E-state index contributed by atoms with van der Waals surface area (Å²) in [7, 11) is 0. The number of amides is 2. The molecule has 2 atom stereocenters. The summed E-state index contributed by atoms with van der Waals surface area (Å²) in [6.07, 6.45) is 1.35. The van der Waals surface area contributed by atoms with Gasteiger partial charge in [-0.3, -0.25) is 9.59 Å². The molecule has 112 valence electrons. The highest BCUT2D eigenvalue weighted by atomic mass is 35.5. The summed E-state index contributed by atoms with van der Waals surface area (Å²) < 4.78 is 0. The van der Waals surface area contributed by atoms with E-state index in [4.69, 9.17) is 11.6 Å². The molecule has 0 radical (unpaired) electrons. The molecule has 4 nitrogen and oxygen atoms in total. The van der Waals surface area contributed by atoms with Crippen LogP contribution in [0.2, 0.25) is 5.02 Å². The lowest BCUT2D eigenvalue weighted by atomic mass is 10.1. The van der Waals surface area contributed by atoms with Gasteiger partial charge in [0.25, 0.3) is 0 Å². The Kier molecular flexibility index (Phi) is 3.66. The second-order valence-electron chi connectivity index (χ2n) is 5.71. The van der Waals surface area contributed by atoms with Crippen LogP contribution in [0.5, 0.6) is 0 Å². The second kappa shape index (κ2) is 5.21. The van der Waals surface area contributed by atoms with Crippen molar-refractivity contribution >= 4 is 40.9 Å². The first-order chi connectivity index (χ1) is 9.90. The average Bonchev–Trinajstić information content (AvgIpc) is 2.90. The topological polar surface area (TPSA) is 49.4 Å². The minimum Gasteiger partial charge on any atom is -0.324 e. The Balaban J connectivity index is 1.78. The lowest BCUT2D eigenvalue weighted by Crippen LogP contribution is -2.48.